The van der Waals surface area contributed by atoms with E-state index in [1.165, 1.54) is 22.0 Å². The first-order valence-electron chi connectivity index (χ1n) is 6.41. The molecule has 0 amide bonds. The van der Waals surface area contributed by atoms with Gasteiger partial charge in [-0.05, 0) is 30.0 Å². The van der Waals surface area contributed by atoms with Crippen LogP contribution in [-0.4, -0.2) is 23.6 Å². The van der Waals surface area contributed by atoms with E-state index in [9.17, 15) is 0 Å². The van der Waals surface area contributed by atoms with Crippen molar-refractivity contribution in [1.82, 2.24) is 10.3 Å². The highest BCUT2D eigenvalue weighted by atomic mass is 15.0. The molecule has 4 N–H and O–H groups in total. The summed E-state index contributed by atoms with van der Waals surface area (Å²) in [6.07, 6.45) is 4.41. The van der Waals surface area contributed by atoms with Crippen molar-refractivity contribution in [3.05, 3.63) is 35.5 Å². The Hall–Kier alpha value is -1.32. The van der Waals surface area contributed by atoms with Crippen LogP contribution in [0, 0.1) is 0 Å². The maximum absolute atomic E-state index is 6.09. The van der Waals surface area contributed by atoms with Gasteiger partial charge in [0.15, 0.2) is 0 Å². The maximum atomic E-state index is 6.09. The first-order valence-corrected chi connectivity index (χ1v) is 6.41. The molecule has 3 atom stereocenters. The second kappa shape index (κ2) is 3.34. The normalized spacial score (nSPS) is 31.5. The highest BCUT2D eigenvalue weighted by molar-refractivity contribution is 5.88. The quantitative estimate of drug-likeness (QED) is 0.639. The van der Waals surface area contributed by atoms with Crippen molar-refractivity contribution < 1.29 is 0 Å². The molecule has 17 heavy (non-hydrogen) atoms. The first kappa shape index (κ1) is 9.68. The Morgan fingerprint density at radius 2 is 2.24 bits per heavy atom. The van der Waals surface area contributed by atoms with Crippen LogP contribution in [0.3, 0.4) is 0 Å². The SMILES string of the molecule is N[C@@H]1CN[C@@H]2Cc3c[nH]c4cccc(c34)[C@H]2C1. The molecule has 1 aromatic heterocycles. The lowest BCUT2D eigenvalue weighted by Gasteiger charge is -2.39. The van der Waals surface area contributed by atoms with Crippen molar-refractivity contribution >= 4 is 10.9 Å². The lowest BCUT2D eigenvalue weighted by molar-refractivity contribution is 0.316. The number of nitrogens with one attached hydrogen (secondary N) is 2. The molecule has 4 rings (SSSR count). The van der Waals surface area contributed by atoms with Gasteiger partial charge in [0.25, 0.3) is 0 Å². The van der Waals surface area contributed by atoms with Crippen LogP contribution in [0.15, 0.2) is 24.4 Å². The van der Waals surface area contributed by atoms with Crippen LogP contribution in [0.2, 0.25) is 0 Å². The zero-order valence-electron chi connectivity index (χ0n) is 9.74. The van der Waals surface area contributed by atoms with Crippen LogP contribution in [0.5, 0.6) is 0 Å². The molecule has 1 aromatic carbocycles. The molecule has 1 aliphatic carbocycles. The average molecular weight is 227 g/mol. The number of H-pyrrole nitrogens is 1. The molecule has 0 saturated carbocycles. The Balaban J connectivity index is 1.92. The molecule has 1 saturated heterocycles. The van der Waals surface area contributed by atoms with Gasteiger partial charge in [-0.1, -0.05) is 12.1 Å². The van der Waals surface area contributed by atoms with Crippen LogP contribution < -0.4 is 11.1 Å². The van der Waals surface area contributed by atoms with Crippen molar-refractivity contribution in [3.8, 4) is 0 Å². The number of aromatic nitrogens is 1. The standard InChI is InChI=1S/C14H17N3/c15-9-5-11-10-2-1-3-12-14(10)8(6-16-12)4-13(11)17-7-9/h1-3,6,9,11,13,16-17H,4-5,7,15H2/t9-,11+,13+/m0/s1. The molecule has 0 bridgehead atoms. The van der Waals surface area contributed by atoms with Crippen molar-refractivity contribution in [2.75, 3.05) is 6.54 Å². The molecular formula is C14H17N3. The lowest BCUT2D eigenvalue weighted by Crippen LogP contribution is -2.51. The highest BCUT2D eigenvalue weighted by Crippen LogP contribution is 2.40. The number of rotatable bonds is 0. The fourth-order valence-electron chi connectivity index (χ4n) is 3.57. The molecule has 0 unspecified atom stereocenters. The topological polar surface area (TPSA) is 53.8 Å². The molecule has 0 spiro atoms. The summed E-state index contributed by atoms with van der Waals surface area (Å²) in [5.41, 5.74) is 10.3. The van der Waals surface area contributed by atoms with E-state index in [-0.39, 0.29) is 0 Å². The Labute approximate surface area is 100 Å². The summed E-state index contributed by atoms with van der Waals surface area (Å²) in [7, 11) is 0. The zero-order valence-corrected chi connectivity index (χ0v) is 9.74. The Morgan fingerprint density at radius 1 is 1.29 bits per heavy atom. The molecule has 88 valence electrons. The minimum absolute atomic E-state index is 0.298. The molecule has 2 aromatic rings. The largest absolute Gasteiger partial charge is 0.361 e. The van der Waals surface area contributed by atoms with Crippen LogP contribution in [0.4, 0.5) is 0 Å². The van der Waals surface area contributed by atoms with Gasteiger partial charge in [-0.2, -0.15) is 0 Å². The summed E-state index contributed by atoms with van der Waals surface area (Å²) in [5, 5.41) is 5.05. The highest BCUT2D eigenvalue weighted by Gasteiger charge is 2.34. The summed E-state index contributed by atoms with van der Waals surface area (Å²) >= 11 is 0. The Kier molecular flexibility index (Phi) is 1.90. The predicted molar refractivity (Wildman–Crippen MR) is 69.1 cm³/mol. The number of hydrogen-bond acceptors (Lipinski definition) is 2. The molecule has 3 heteroatoms. The fraction of sp³-hybridized carbons (Fsp3) is 0.429. The van der Waals surface area contributed by atoms with Gasteiger partial charge in [0.05, 0.1) is 0 Å². The van der Waals surface area contributed by atoms with Crippen LogP contribution >= 0.6 is 0 Å². The third-order valence-corrected chi connectivity index (χ3v) is 4.34. The van der Waals surface area contributed by atoms with Gasteiger partial charge in [0.2, 0.25) is 0 Å². The molecule has 1 aliphatic heterocycles. The van der Waals surface area contributed by atoms with Gasteiger partial charge in [-0.3, -0.25) is 0 Å². The first-order chi connectivity index (χ1) is 8.33. The molecule has 2 aliphatic rings. The smallest absolute Gasteiger partial charge is 0.0459 e. The van der Waals surface area contributed by atoms with Crippen molar-refractivity contribution in [3.63, 3.8) is 0 Å². The summed E-state index contributed by atoms with van der Waals surface area (Å²) in [6.45, 7) is 0.955. The lowest BCUT2D eigenvalue weighted by atomic mass is 9.75. The van der Waals surface area contributed by atoms with Gasteiger partial charge in [-0.25, -0.2) is 0 Å². The predicted octanol–water partition coefficient (Wildman–Crippen LogP) is 1.50. The van der Waals surface area contributed by atoms with E-state index in [0.717, 1.165) is 19.4 Å². The number of hydrogen-bond donors (Lipinski definition) is 3. The zero-order chi connectivity index (χ0) is 11.4. The Bertz CT molecular complexity index is 572. The van der Waals surface area contributed by atoms with Gasteiger partial charge >= 0.3 is 0 Å². The van der Waals surface area contributed by atoms with E-state index in [1.807, 2.05) is 0 Å². The minimum Gasteiger partial charge on any atom is -0.361 e. The van der Waals surface area contributed by atoms with E-state index in [2.05, 4.69) is 34.7 Å². The van der Waals surface area contributed by atoms with E-state index in [4.69, 9.17) is 5.73 Å². The van der Waals surface area contributed by atoms with Crippen LogP contribution in [0.1, 0.15) is 23.5 Å². The second-order valence-electron chi connectivity index (χ2n) is 5.40. The molecule has 1 fully saturated rings. The van der Waals surface area contributed by atoms with Gasteiger partial charge in [0.1, 0.15) is 0 Å². The number of piperidine rings is 1. The fourth-order valence-corrected chi connectivity index (χ4v) is 3.57. The summed E-state index contributed by atoms with van der Waals surface area (Å²) in [5.74, 6) is 0.589. The van der Waals surface area contributed by atoms with Crippen molar-refractivity contribution in [1.29, 1.82) is 0 Å². The maximum Gasteiger partial charge on any atom is 0.0459 e. The Morgan fingerprint density at radius 3 is 3.18 bits per heavy atom. The van der Waals surface area contributed by atoms with Gasteiger partial charge in [0, 0.05) is 41.6 Å². The van der Waals surface area contributed by atoms with Crippen LogP contribution in [-0.2, 0) is 6.42 Å². The average Bonchev–Trinajstić information content (AvgIpc) is 2.75. The number of nitrogens with two attached hydrogens (primary N) is 1. The summed E-state index contributed by atoms with van der Waals surface area (Å²) in [4.78, 5) is 3.38. The minimum atomic E-state index is 0.298. The third-order valence-electron chi connectivity index (χ3n) is 4.34. The number of benzene rings is 1. The monoisotopic (exact) mass is 227 g/mol. The van der Waals surface area contributed by atoms with Gasteiger partial charge < -0.3 is 16.0 Å². The van der Waals surface area contributed by atoms with Crippen LogP contribution in [0.25, 0.3) is 10.9 Å². The van der Waals surface area contributed by atoms with E-state index in [0.29, 0.717) is 18.0 Å². The molecule has 0 radical (unpaired) electrons. The second-order valence-corrected chi connectivity index (χ2v) is 5.40. The van der Waals surface area contributed by atoms with E-state index in [1.54, 1.807) is 0 Å². The molecule has 3 nitrogen and oxygen atoms in total. The third kappa shape index (κ3) is 1.30. The van der Waals surface area contributed by atoms with Crippen molar-refractivity contribution in [2.24, 2.45) is 5.73 Å². The summed E-state index contributed by atoms with van der Waals surface area (Å²) < 4.78 is 0. The van der Waals surface area contributed by atoms with E-state index < -0.39 is 0 Å². The molecular weight excluding hydrogens is 210 g/mol. The van der Waals surface area contributed by atoms with Gasteiger partial charge in [-0.15, -0.1) is 0 Å². The summed E-state index contributed by atoms with van der Waals surface area (Å²) in [6, 6.07) is 7.46. The van der Waals surface area contributed by atoms with Crippen molar-refractivity contribution in [2.45, 2.75) is 30.8 Å². The number of fused-ring (bicyclic) bond motifs is 2. The van der Waals surface area contributed by atoms with E-state index >= 15 is 0 Å². The number of aromatic amines is 1. The molecule has 2 heterocycles.